The molecule has 1 heterocycles. The first-order valence-electron chi connectivity index (χ1n) is 7.59. The lowest BCUT2D eigenvalue weighted by atomic mass is 10.2. The standard InChI is InChI=1S/C16H16FN3O4S/c1-11-10-19(14-7-3-2-5-12(14)9-18-11)25(23,24)16-13(17)6-4-8-15(16)20(21)22/h2-8,11,18H,9-10H2,1H3. The summed E-state index contributed by atoms with van der Waals surface area (Å²) < 4.78 is 41.6. The Labute approximate surface area is 144 Å². The quantitative estimate of drug-likeness (QED) is 0.666. The minimum absolute atomic E-state index is 0.0326. The first-order valence-corrected chi connectivity index (χ1v) is 9.03. The van der Waals surface area contributed by atoms with Gasteiger partial charge < -0.3 is 5.32 Å². The van der Waals surface area contributed by atoms with Gasteiger partial charge in [-0.2, -0.15) is 0 Å². The van der Waals surface area contributed by atoms with E-state index >= 15 is 0 Å². The molecule has 132 valence electrons. The van der Waals surface area contributed by atoms with Gasteiger partial charge in [0, 0.05) is 25.2 Å². The normalized spacial score (nSPS) is 17.7. The van der Waals surface area contributed by atoms with Crippen molar-refractivity contribution in [3.05, 3.63) is 64.0 Å². The van der Waals surface area contributed by atoms with Crippen LogP contribution in [0.5, 0.6) is 0 Å². The third-order valence-corrected chi connectivity index (χ3v) is 5.88. The maximum Gasteiger partial charge on any atom is 0.292 e. The van der Waals surface area contributed by atoms with Gasteiger partial charge in [0.05, 0.1) is 10.6 Å². The summed E-state index contributed by atoms with van der Waals surface area (Å²) in [5.41, 5.74) is 0.327. The van der Waals surface area contributed by atoms with Gasteiger partial charge in [0.1, 0.15) is 0 Å². The topological polar surface area (TPSA) is 92.5 Å². The maximum absolute atomic E-state index is 14.3. The second-order valence-corrected chi connectivity index (χ2v) is 7.59. The number of nitro benzene ring substituents is 1. The molecule has 9 heteroatoms. The Balaban J connectivity index is 2.23. The van der Waals surface area contributed by atoms with Crippen LogP contribution in [0.15, 0.2) is 47.4 Å². The van der Waals surface area contributed by atoms with Crippen LogP contribution >= 0.6 is 0 Å². The van der Waals surface area contributed by atoms with E-state index in [-0.39, 0.29) is 12.6 Å². The molecule has 1 N–H and O–H groups in total. The molecule has 7 nitrogen and oxygen atoms in total. The molecule has 1 aliphatic heterocycles. The van der Waals surface area contributed by atoms with Gasteiger partial charge >= 0.3 is 0 Å². The number of hydrogen-bond donors (Lipinski definition) is 1. The number of nitro groups is 1. The van der Waals surface area contributed by atoms with Crippen LogP contribution in [0, 0.1) is 15.9 Å². The lowest BCUT2D eigenvalue weighted by Crippen LogP contribution is -2.40. The molecule has 25 heavy (non-hydrogen) atoms. The Morgan fingerprint density at radius 3 is 2.68 bits per heavy atom. The molecule has 0 aromatic heterocycles. The Morgan fingerprint density at radius 1 is 1.24 bits per heavy atom. The van der Waals surface area contributed by atoms with Crippen molar-refractivity contribution in [1.29, 1.82) is 0 Å². The molecule has 0 aliphatic carbocycles. The number of benzene rings is 2. The summed E-state index contributed by atoms with van der Waals surface area (Å²) in [6.07, 6.45) is 0. The van der Waals surface area contributed by atoms with E-state index in [1.165, 1.54) is 0 Å². The zero-order valence-corrected chi connectivity index (χ0v) is 14.2. The number of rotatable bonds is 3. The summed E-state index contributed by atoms with van der Waals surface area (Å²) >= 11 is 0. The summed E-state index contributed by atoms with van der Waals surface area (Å²) in [6, 6.07) is 9.62. The average Bonchev–Trinajstić information content (AvgIpc) is 2.74. The highest BCUT2D eigenvalue weighted by Gasteiger charge is 2.37. The van der Waals surface area contributed by atoms with Gasteiger partial charge in [-0.25, -0.2) is 12.8 Å². The van der Waals surface area contributed by atoms with Gasteiger partial charge in [0.15, 0.2) is 5.82 Å². The molecule has 1 atom stereocenters. The minimum Gasteiger partial charge on any atom is -0.308 e. The number of hydrogen-bond acceptors (Lipinski definition) is 5. The Bertz CT molecular complexity index is 933. The number of fused-ring (bicyclic) bond motifs is 1. The fourth-order valence-electron chi connectivity index (χ4n) is 2.83. The van der Waals surface area contributed by atoms with Crippen LogP contribution in [0.25, 0.3) is 0 Å². The molecule has 0 fully saturated rings. The van der Waals surface area contributed by atoms with Crippen molar-refractivity contribution >= 4 is 21.4 Å². The van der Waals surface area contributed by atoms with Crippen LogP contribution in [0.2, 0.25) is 0 Å². The van der Waals surface area contributed by atoms with E-state index in [0.29, 0.717) is 12.2 Å². The van der Waals surface area contributed by atoms with Gasteiger partial charge in [-0.05, 0) is 24.6 Å². The van der Waals surface area contributed by atoms with Gasteiger partial charge in [0.25, 0.3) is 15.7 Å². The molecule has 3 rings (SSSR count). The van der Waals surface area contributed by atoms with Crippen LogP contribution in [-0.4, -0.2) is 25.9 Å². The molecule has 0 amide bonds. The van der Waals surface area contributed by atoms with E-state index in [4.69, 9.17) is 0 Å². The highest BCUT2D eigenvalue weighted by molar-refractivity contribution is 7.93. The fourth-order valence-corrected chi connectivity index (χ4v) is 4.63. The summed E-state index contributed by atoms with van der Waals surface area (Å²) in [4.78, 5) is 9.42. The Morgan fingerprint density at radius 2 is 1.96 bits per heavy atom. The number of sulfonamides is 1. The van der Waals surface area contributed by atoms with Gasteiger partial charge in [-0.1, -0.05) is 24.3 Å². The Hall–Kier alpha value is -2.52. The highest BCUT2D eigenvalue weighted by Crippen LogP contribution is 2.34. The van der Waals surface area contributed by atoms with Crippen LogP contribution in [0.1, 0.15) is 12.5 Å². The average molecular weight is 365 g/mol. The smallest absolute Gasteiger partial charge is 0.292 e. The molecule has 1 unspecified atom stereocenters. The van der Waals surface area contributed by atoms with E-state index < -0.39 is 31.3 Å². The van der Waals surface area contributed by atoms with Crippen molar-refractivity contribution in [2.75, 3.05) is 10.8 Å². The summed E-state index contributed by atoms with van der Waals surface area (Å²) in [5, 5.41) is 14.4. The molecule has 0 bridgehead atoms. The van der Waals surface area contributed by atoms with E-state index in [1.54, 1.807) is 31.2 Å². The molecule has 2 aromatic carbocycles. The van der Waals surface area contributed by atoms with E-state index in [2.05, 4.69) is 5.32 Å². The minimum atomic E-state index is -4.46. The first-order chi connectivity index (χ1) is 11.8. The molecular formula is C16H16FN3O4S. The summed E-state index contributed by atoms with van der Waals surface area (Å²) in [7, 11) is -4.46. The zero-order valence-electron chi connectivity index (χ0n) is 13.3. The van der Waals surface area contributed by atoms with Crippen molar-refractivity contribution in [1.82, 2.24) is 5.32 Å². The lowest BCUT2D eigenvalue weighted by Gasteiger charge is -2.26. The van der Waals surface area contributed by atoms with Crippen molar-refractivity contribution in [2.24, 2.45) is 0 Å². The number of anilines is 1. The highest BCUT2D eigenvalue weighted by atomic mass is 32.2. The van der Waals surface area contributed by atoms with Crippen LogP contribution in [-0.2, 0) is 16.6 Å². The predicted octanol–water partition coefficient (Wildman–Crippen LogP) is 2.42. The van der Waals surface area contributed by atoms with E-state index in [0.717, 1.165) is 28.1 Å². The maximum atomic E-state index is 14.3. The van der Waals surface area contributed by atoms with Crippen molar-refractivity contribution in [3.63, 3.8) is 0 Å². The first kappa shape index (κ1) is 17.3. The van der Waals surface area contributed by atoms with E-state index in [9.17, 15) is 22.9 Å². The number of nitrogens with zero attached hydrogens (tertiary/aromatic N) is 2. The number of halogens is 1. The molecule has 2 aromatic rings. The second kappa shape index (κ2) is 6.41. The Kier molecular flexibility index (Phi) is 4.44. The molecule has 0 spiro atoms. The monoisotopic (exact) mass is 365 g/mol. The zero-order chi connectivity index (χ0) is 18.2. The number of nitrogens with one attached hydrogen (secondary N) is 1. The largest absolute Gasteiger partial charge is 0.308 e. The van der Waals surface area contributed by atoms with Gasteiger partial charge in [-0.15, -0.1) is 0 Å². The third kappa shape index (κ3) is 3.08. The van der Waals surface area contributed by atoms with Gasteiger partial charge in [0.2, 0.25) is 4.90 Å². The molecule has 0 saturated carbocycles. The van der Waals surface area contributed by atoms with E-state index in [1.807, 2.05) is 0 Å². The molecule has 1 aliphatic rings. The van der Waals surface area contributed by atoms with Crippen molar-refractivity contribution in [2.45, 2.75) is 24.4 Å². The molecular weight excluding hydrogens is 349 g/mol. The summed E-state index contributed by atoms with van der Waals surface area (Å²) in [5.74, 6) is -1.14. The van der Waals surface area contributed by atoms with Crippen LogP contribution in [0.3, 0.4) is 0 Å². The van der Waals surface area contributed by atoms with Crippen molar-refractivity contribution in [3.8, 4) is 0 Å². The number of para-hydroxylation sites is 1. The van der Waals surface area contributed by atoms with Crippen LogP contribution in [0.4, 0.5) is 15.8 Å². The lowest BCUT2D eigenvalue weighted by molar-refractivity contribution is -0.388. The van der Waals surface area contributed by atoms with Crippen LogP contribution < -0.4 is 9.62 Å². The van der Waals surface area contributed by atoms with Gasteiger partial charge in [-0.3, -0.25) is 14.4 Å². The second-order valence-electron chi connectivity index (χ2n) is 5.79. The fraction of sp³-hybridized carbons (Fsp3) is 0.250. The summed E-state index contributed by atoms with van der Waals surface area (Å²) in [6.45, 7) is 2.28. The molecule has 0 radical (unpaired) electrons. The third-order valence-electron chi connectivity index (χ3n) is 4.03. The van der Waals surface area contributed by atoms with Crippen molar-refractivity contribution < 1.29 is 17.7 Å². The predicted molar refractivity (Wildman–Crippen MR) is 90.3 cm³/mol. The molecule has 0 saturated heterocycles. The SMILES string of the molecule is CC1CN(S(=O)(=O)c2c(F)cccc2[N+](=O)[O-])c2ccccc2CN1.